The summed E-state index contributed by atoms with van der Waals surface area (Å²) in [6.07, 6.45) is 0. The maximum absolute atomic E-state index is 11.3. The van der Waals surface area contributed by atoms with Crippen LogP contribution in [0.3, 0.4) is 0 Å². The summed E-state index contributed by atoms with van der Waals surface area (Å²) in [7, 11) is 0. The van der Waals surface area contributed by atoms with Crippen LogP contribution in [0.25, 0.3) is 11.1 Å². The van der Waals surface area contributed by atoms with Crippen LogP contribution in [0.1, 0.15) is 0 Å². The normalized spacial score (nSPS) is 13.5. The van der Waals surface area contributed by atoms with Gasteiger partial charge in [0.2, 0.25) is 0 Å². The van der Waals surface area contributed by atoms with Crippen molar-refractivity contribution in [2.45, 2.75) is 0 Å². The summed E-state index contributed by atoms with van der Waals surface area (Å²) in [5, 5.41) is 0. The van der Waals surface area contributed by atoms with E-state index in [1.807, 2.05) is 30.3 Å². The molecule has 0 radical (unpaired) electrons. The zero-order chi connectivity index (χ0) is 11.6. The maximum atomic E-state index is 11.3. The van der Waals surface area contributed by atoms with Crippen molar-refractivity contribution >= 4 is 18.5 Å². The van der Waals surface area contributed by atoms with Gasteiger partial charge in [0.15, 0.2) is 0 Å². The molecule has 0 spiro atoms. The molecule has 0 bridgehead atoms. The van der Waals surface area contributed by atoms with E-state index in [9.17, 15) is 11.9 Å². The van der Waals surface area contributed by atoms with Crippen LogP contribution < -0.4 is 38.0 Å². The van der Waals surface area contributed by atoms with Gasteiger partial charge in [0, 0.05) is 0 Å². The average Bonchev–Trinajstić information content (AvgIpc) is 2.29. The largest absolute Gasteiger partial charge is 1.00 e. The molecule has 82 valence electrons. The van der Waals surface area contributed by atoms with Crippen molar-refractivity contribution in [1.29, 1.82) is 0 Å². The molecule has 0 saturated carbocycles. The molecule has 0 aliphatic carbocycles. The van der Waals surface area contributed by atoms with Gasteiger partial charge in [-0.05, 0) is 0 Å². The number of benzene rings is 2. The first-order valence-electron chi connectivity index (χ1n) is 4.78. The monoisotopic (exact) mass is 300 g/mol. The summed E-state index contributed by atoms with van der Waals surface area (Å²) in [5.74, 6) is 0. The minimum Gasteiger partial charge on any atom is 1.00 e. The molecule has 1 atom stereocenters. The fourth-order valence-corrected chi connectivity index (χ4v) is 3.22. The summed E-state index contributed by atoms with van der Waals surface area (Å²) >= 11 is -5.10. The first-order chi connectivity index (χ1) is 7.59. The molecule has 3 nitrogen and oxygen atoms in total. The first-order valence-corrected chi connectivity index (χ1v) is 8.09. The van der Waals surface area contributed by atoms with Gasteiger partial charge in [-0.1, -0.05) is 0 Å². The summed E-state index contributed by atoms with van der Waals surface area (Å²) < 4.78 is 31.8. The van der Waals surface area contributed by atoms with Crippen molar-refractivity contribution in [3.8, 4) is 11.1 Å². The number of hydrogen-bond donors (Lipinski definition) is 1. The maximum Gasteiger partial charge on any atom is 1.00 e. The van der Waals surface area contributed by atoms with Gasteiger partial charge in [0.25, 0.3) is 0 Å². The van der Waals surface area contributed by atoms with E-state index in [0.29, 0.717) is 5.56 Å². The van der Waals surface area contributed by atoms with E-state index in [0.717, 1.165) is 5.56 Å². The Morgan fingerprint density at radius 3 is 2.06 bits per heavy atom. The Hall–Kier alpha value is -0.282. The predicted molar refractivity (Wildman–Crippen MR) is 60.2 cm³/mol. The van der Waals surface area contributed by atoms with Gasteiger partial charge in [-0.15, -0.1) is 0 Å². The Morgan fingerprint density at radius 1 is 0.941 bits per heavy atom. The van der Waals surface area contributed by atoms with Crippen LogP contribution in [0.5, 0.6) is 0 Å². The molecule has 0 aliphatic rings. The van der Waals surface area contributed by atoms with Gasteiger partial charge in [0.05, 0.1) is 0 Å². The molecule has 1 N–H and O–H groups in total. The number of hydrogen-bond acceptors (Lipinski definition) is 2. The molecule has 0 fully saturated rings. The molecule has 5 heteroatoms. The van der Waals surface area contributed by atoms with Gasteiger partial charge < -0.3 is 0 Å². The van der Waals surface area contributed by atoms with Crippen LogP contribution in [0.4, 0.5) is 0 Å². The van der Waals surface area contributed by atoms with Gasteiger partial charge in [-0.25, -0.2) is 0 Å². The van der Waals surface area contributed by atoms with E-state index < -0.39 is 14.2 Å². The molecule has 0 amide bonds. The Labute approximate surface area is 125 Å². The summed E-state index contributed by atoms with van der Waals surface area (Å²) in [5.41, 5.74) is 1.33. The second kappa shape index (κ2) is 6.05. The van der Waals surface area contributed by atoms with E-state index in [-0.39, 0.29) is 33.9 Å². The SMILES string of the molecule is O=[As]([O-])(O)c1ccccc1-c1ccccc1.[Na+]. The zero-order valence-electron chi connectivity index (χ0n) is 9.41. The van der Waals surface area contributed by atoms with Gasteiger partial charge >= 0.3 is 126 Å². The molecule has 17 heavy (non-hydrogen) atoms. The second-order valence-corrected chi connectivity index (χ2v) is 6.60. The van der Waals surface area contributed by atoms with Crippen molar-refractivity contribution in [3.63, 3.8) is 0 Å². The molecular weight excluding hydrogens is 290 g/mol. The Kier molecular flexibility index (Phi) is 5.26. The van der Waals surface area contributed by atoms with Crippen LogP contribution >= 0.6 is 0 Å². The molecule has 0 aromatic heterocycles. The third-order valence-electron chi connectivity index (χ3n) is 2.29. The van der Waals surface area contributed by atoms with Crippen LogP contribution in [0.15, 0.2) is 54.6 Å². The van der Waals surface area contributed by atoms with Crippen molar-refractivity contribution in [1.82, 2.24) is 0 Å². The third-order valence-corrected chi connectivity index (χ3v) is 4.39. The van der Waals surface area contributed by atoms with Crippen LogP contribution in [-0.4, -0.2) is 18.3 Å². The molecule has 2 aromatic rings. The van der Waals surface area contributed by atoms with Crippen LogP contribution in [0.2, 0.25) is 0 Å². The van der Waals surface area contributed by atoms with E-state index in [1.54, 1.807) is 18.2 Å². The third kappa shape index (κ3) is 3.59. The summed E-state index contributed by atoms with van der Waals surface area (Å²) in [6.45, 7) is 0. The predicted octanol–water partition coefficient (Wildman–Crippen LogP) is -2.71. The Bertz CT molecular complexity index is 536. The fraction of sp³-hybridized carbons (Fsp3) is 0. The van der Waals surface area contributed by atoms with Crippen LogP contribution in [0, 0.1) is 0 Å². The molecule has 1 unspecified atom stereocenters. The van der Waals surface area contributed by atoms with Gasteiger partial charge in [-0.2, -0.15) is 0 Å². The molecule has 2 rings (SSSR count). The minimum atomic E-state index is -5.10. The van der Waals surface area contributed by atoms with Crippen LogP contribution in [-0.2, 0) is 3.74 Å². The summed E-state index contributed by atoms with van der Waals surface area (Å²) in [6, 6.07) is 15.6. The molecule has 0 heterocycles. The van der Waals surface area contributed by atoms with E-state index in [2.05, 4.69) is 0 Å². The second-order valence-electron chi connectivity index (χ2n) is 3.40. The summed E-state index contributed by atoms with van der Waals surface area (Å²) in [4.78, 5) is 0. The molecule has 0 aliphatic heterocycles. The molecule has 2 aromatic carbocycles. The van der Waals surface area contributed by atoms with Crippen molar-refractivity contribution < 1.29 is 41.5 Å². The molecular formula is C12H10AsNaO3. The Morgan fingerprint density at radius 2 is 1.47 bits per heavy atom. The first kappa shape index (κ1) is 14.8. The van der Waals surface area contributed by atoms with Crippen molar-refractivity contribution in [2.75, 3.05) is 0 Å². The van der Waals surface area contributed by atoms with E-state index in [1.165, 1.54) is 6.07 Å². The van der Waals surface area contributed by atoms with E-state index >= 15 is 0 Å². The molecule has 0 saturated heterocycles. The van der Waals surface area contributed by atoms with Gasteiger partial charge in [0.1, 0.15) is 0 Å². The average molecular weight is 300 g/mol. The standard InChI is InChI=1S/C12H11AsO3.Na/c14-13(15,16)12-9-5-4-8-11(12)10-6-2-1-3-7-10;/h1-9H,(H2,14,15,16);/q;+1/p-1. The zero-order valence-corrected chi connectivity index (χ0v) is 13.3. The fourth-order valence-electron chi connectivity index (χ4n) is 1.58. The quantitative estimate of drug-likeness (QED) is 0.614. The van der Waals surface area contributed by atoms with Gasteiger partial charge in [-0.3, -0.25) is 0 Å². The van der Waals surface area contributed by atoms with E-state index in [4.69, 9.17) is 0 Å². The van der Waals surface area contributed by atoms with Crippen molar-refractivity contribution in [3.05, 3.63) is 54.6 Å². The van der Waals surface area contributed by atoms with Crippen molar-refractivity contribution in [2.24, 2.45) is 0 Å². The number of rotatable bonds is 2. The Balaban J connectivity index is 0.00000144. The smallest absolute Gasteiger partial charge is 1.00 e. The topological polar surface area (TPSA) is 60.4 Å². The minimum absolute atomic E-state index is 0.